The number of aliphatic hydroxyl groups excluding tert-OH is 1. The summed E-state index contributed by atoms with van der Waals surface area (Å²) in [6.45, 7) is 5.51. The summed E-state index contributed by atoms with van der Waals surface area (Å²) in [6.07, 6.45) is 1.38. The van der Waals surface area contributed by atoms with Crippen LogP contribution in [0.15, 0.2) is 55.1 Å². The summed E-state index contributed by atoms with van der Waals surface area (Å²) < 4.78 is 6.41. The standard InChI is InChI=1S/C18H24NO2/c1-4-11-19(2,3)13-17(20)14-21-18-10-9-15-7-5-6-8-16(15)12-18/h4-10,12,17,20H,1,11,13-14H2,2-3H3/q+1. The van der Waals surface area contributed by atoms with Crippen molar-refractivity contribution in [2.24, 2.45) is 0 Å². The van der Waals surface area contributed by atoms with Crippen LogP contribution in [0.3, 0.4) is 0 Å². The van der Waals surface area contributed by atoms with Crippen molar-refractivity contribution < 1.29 is 14.3 Å². The normalized spacial score (nSPS) is 13.1. The van der Waals surface area contributed by atoms with E-state index in [9.17, 15) is 5.11 Å². The van der Waals surface area contributed by atoms with Crippen molar-refractivity contribution in [1.29, 1.82) is 0 Å². The number of nitrogens with zero attached hydrogens (tertiary/aromatic N) is 1. The molecule has 0 aliphatic rings. The molecule has 0 bridgehead atoms. The highest BCUT2D eigenvalue weighted by atomic mass is 16.5. The molecule has 2 aromatic carbocycles. The van der Waals surface area contributed by atoms with Crippen LogP contribution in [-0.2, 0) is 0 Å². The molecule has 2 aromatic rings. The van der Waals surface area contributed by atoms with Crippen molar-refractivity contribution in [2.75, 3.05) is 33.8 Å². The second kappa shape index (κ2) is 6.74. The fourth-order valence-corrected chi connectivity index (χ4v) is 2.50. The molecule has 0 radical (unpaired) electrons. The molecule has 0 aliphatic heterocycles. The molecule has 3 heteroatoms. The largest absolute Gasteiger partial charge is 0.491 e. The van der Waals surface area contributed by atoms with E-state index < -0.39 is 6.10 Å². The highest BCUT2D eigenvalue weighted by Gasteiger charge is 2.19. The van der Waals surface area contributed by atoms with Crippen LogP contribution in [0, 0.1) is 0 Å². The monoisotopic (exact) mass is 286 g/mol. The van der Waals surface area contributed by atoms with Gasteiger partial charge in [-0.3, -0.25) is 0 Å². The first kappa shape index (κ1) is 15.5. The van der Waals surface area contributed by atoms with Crippen molar-refractivity contribution in [3.8, 4) is 5.75 Å². The SMILES string of the molecule is C=CC[N+](C)(C)CC(O)COc1ccc2ccccc2c1. The average molecular weight is 286 g/mol. The van der Waals surface area contributed by atoms with E-state index in [-0.39, 0.29) is 0 Å². The van der Waals surface area contributed by atoms with Gasteiger partial charge in [0, 0.05) is 0 Å². The van der Waals surface area contributed by atoms with Crippen LogP contribution in [0.2, 0.25) is 0 Å². The van der Waals surface area contributed by atoms with Crippen LogP contribution >= 0.6 is 0 Å². The molecule has 0 amide bonds. The second-order valence-electron chi connectivity index (χ2n) is 6.06. The quantitative estimate of drug-likeness (QED) is 0.626. The smallest absolute Gasteiger partial charge is 0.137 e. The summed E-state index contributed by atoms with van der Waals surface area (Å²) in [5.74, 6) is 0.793. The van der Waals surface area contributed by atoms with Gasteiger partial charge in [0.2, 0.25) is 0 Å². The van der Waals surface area contributed by atoms with E-state index in [2.05, 4.69) is 32.8 Å². The number of hydrogen-bond acceptors (Lipinski definition) is 2. The Hall–Kier alpha value is -1.84. The number of aliphatic hydroxyl groups is 1. The van der Waals surface area contributed by atoms with Gasteiger partial charge in [0.1, 0.15) is 25.0 Å². The van der Waals surface area contributed by atoms with Gasteiger partial charge in [0.05, 0.1) is 20.6 Å². The van der Waals surface area contributed by atoms with Gasteiger partial charge in [0.15, 0.2) is 0 Å². The average Bonchev–Trinajstić information content (AvgIpc) is 2.44. The van der Waals surface area contributed by atoms with Crippen molar-refractivity contribution in [3.63, 3.8) is 0 Å². The first-order valence-corrected chi connectivity index (χ1v) is 7.23. The highest BCUT2D eigenvalue weighted by Crippen LogP contribution is 2.20. The number of hydrogen-bond donors (Lipinski definition) is 1. The summed E-state index contributed by atoms with van der Waals surface area (Å²) >= 11 is 0. The van der Waals surface area contributed by atoms with Crippen molar-refractivity contribution in [1.82, 2.24) is 0 Å². The molecule has 0 aliphatic carbocycles. The van der Waals surface area contributed by atoms with E-state index in [1.165, 1.54) is 5.39 Å². The number of ether oxygens (including phenoxy) is 1. The molecule has 2 rings (SSSR count). The Labute approximate surface area is 126 Å². The van der Waals surface area contributed by atoms with Crippen LogP contribution in [0.1, 0.15) is 0 Å². The molecule has 3 nitrogen and oxygen atoms in total. The summed E-state index contributed by atoms with van der Waals surface area (Å²) in [4.78, 5) is 0. The zero-order valence-electron chi connectivity index (χ0n) is 12.8. The van der Waals surface area contributed by atoms with Gasteiger partial charge < -0.3 is 14.3 Å². The predicted octanol–water partition coefficient (Wildman–Crippen LogP) is 2.84. The maximum atomic E-state index is 10.1. The van der Waals surface area contributed by atoms with Gasteiger partial charge in [-0.05, 0) is 29.0 Å². The van der Waals surface area contributed by atoms with Gasteiger partial charge in [0.25, 0.3) is 0 Å². The lowest BCUT2D eigenvalue weighted by Crippen LogP contribution is -2.46. The lowest BCUT2D eigenvalue weighted by atomic mass is 10.1. The molecular weight excluding hydrogens is 262 g/mol. The fraction of sp³-hybridized carbons (Fsp3) is 0.333. The van der Waals surface area contributed by atoms with Crippen LogP contribution in [0.5, 0.6) is 5.75 Å². The number of benzene rings is 2. The summed E-state index contributed by atoms with van der Waals surface area (Å²) in [7, 11) is 4.14. The third kappa shape index (κ3) is 4.59. The molecule has 0 saturated carbocycles. The van der Waals surface area contributed by atoms with E-state index in [0.29, 0.717) is 17.6 Å². The Morgan fingerprint density at radius 3 is 2.62 bits per heavy atom. The third-order valence-corrected chi connectivity index (χ3v) is 3.49. The molecule has 1 unspecified atom stereocenters. The van der Waals surface area contributed by atoms with Crippen molar-refractivity contribution in [2.45, 2.75) is 6.10 Å². The van der Waals surface area contributed by atoms with E-state index >= 15 is 0 Å². The Bertz CT molecular complexity index is 607. The van der Waals surface area contributed by atoms with Crippen LogP contribution in [-0.4, -0.2) is 49.5 Å². The minimum absolute atomic E-state index is 0.303. The Kier molecular flexibility index (Phi) is 4.99. The van der Waals surface area contributed by atoms with Crippen molar-refractivity contribution >= 4 is 10.8 Å². The van der Waals surface area contributed by atoms with Crippen LogP contribution < -0.4 is 4.74 Å². The zero-order chi connectivity index (χ0) is 15.3. The Balaban J connectivity index is 1.93. The molecular formula is C18H24NO2+. The highest BCUT2D eigenvalue weighted by molar-refractivity contribution is 5.83. The van der Waals surface area contributed by atoms with Gasteiger partial charge in [-0.2, -0.15) is 0 Å². The topological polar surface area (TPSA) is 29.5 Å². The maximum absolute atomic E-state index is 10.1. The number of fused-ring (bicyclic) bond motifs is 1. The summed E-state index contributed by atoms with van der Waals surface area (Å²) in [5.41, 5.74) is 0. The summed E-state index contributed by atoms with van der Waals surface area (Å²) in [5, 5.41) is 12.4. The predicted molar refractivity (Wildman–Crippen MR) is 87.5 cm³/mol. The van der Waals surface area contributed by atoms with Gasteiger partial charge in [-0.15, -0.1) is 0 Å². The van der Waals surface area contributed by atoms with Crippen molar-refractivity contribution in [3.05, 3.63) is 55.1 Å². The molecule has 0 aromatic heterocycles. The van der Waals surface area contributed by atoms with Gasteiger partial charge >= 0.3 is 0 Å². The van der Waals surface area contributed by atoms with Gasteiger partial charge in [-0.25, -0.2) is 0 Å². The molecule has 1 atom stereocenters. The van der Waals surface area contributed by atoms with E-state index in [4.69, 9.17) is 4.74 Å². The zero-order valence-corrected chi connectivity index (χ0v) is 12.8. The number of likely N-dealkylation sites (N-methyl/N-ethyl adjacent to an activating group) is 1. The molecule has 0 heterocycles. The minimum Gasteiger partial charge on any atom is -0.491 e. The minimum atomic E-state index is -0.494. The van der Waals surface area contributed by atoms with E-state index in [0.717, 1.165) is 17.7 Å². The Morgan fingerprint density at radius 1 is 1.19 bits per heavy atom. The lowest BCUT2D eigenvalue weighted by Gasteiger charge is -2.30. The van der Waals surface area contributed by atoms with E-state index in [1.807, 2.05) is 36.4 Å². The number of rotatable bonds is 7. The van der Waals surface area contributed by atoms with E-state index in [1.54, 1.807) is 0 Å². The summed E-state index contributed by atoms with van der Waals surface area (Å²) in [6, 6.07) is 14.1. The number of quaternary nitrogens is 1. The Morgan fingerprint density at radius 2 is 1.90 bits per heavy atom. The second-order valence-corrected chi connectivity index (χ2v) is 6.06. The van der Waals surface area contributed by atoms with Crippen LogP contribution in [0.4, 0.5) is 0 Å². The van der Waals surface area contributed by atoms with Gasteiger partial charge in [-0.1, -0.05) is 36.9 Å². The lowest BCUT2D eigenvalue weighted by molar-refractivity contribution is -0.887. The molecule has 0 spiro atoms. The third-order valence-electron chi connectivity index (χ3n) is 3.49. The molecule has 112 valence electrons. The molecule has 21 heavy (non-hydrogen) atoms. The first-order valence-electron chi connectivity index (χ1n) is 7.23. The van der Waals surface area contributed by atoms with Crippen LogP contribution in [0.25, 0.3) is 10.8 Å². The first-order chi connectivity index (χ1) is 10.00. The fourth-order valence-electron chi connectivity index (χ4n) is 2.50. The molecule has 1 N–H and O–H groups in total. The molecule has 0 fully saturated rings. The maximum Gasteiger partial charge on any atom is 0.137 e. The molecule has 0 saturated heterocycles.